The van der Waals surface area contributed by atoms with E-state index in [1.165, 1.54) is 0 Å². The number of hydrogen-bond acceptors (Lipinski definition) is 1. The molecule has 0 aliphatic rings. The Morgan fingerprint density at radius 2 is 2.00 bits per heavy atom. The molecule has 0 aliphatic carbocycles. The van der Waals surface area contributed by atoms with E-state index in [2.05, 4.69) is 13.2 Å². The van der Waals surface area contributed by atoms with E-state index in [1.807, 2.05) is 6.92 Å². The van der Waals surface area contributed by atoms with Gasteiger partial charge in [0.05, 0.1) is 0 Å². The highest BCUT2D eigenvalue weighted by Crippen LogP contribution is 2.34. The van der Waals surface area contributed by atoms with Crippen LogP contribution in [0, 0.1) is 5.16 Å². The Morgan fingerprint density at radius 1 is 1.60 bits per heavy atom. The van der Waals surface area contributed by atoms with E-state index in [0.29, 0.717) is 6.16 Å². The second-order valence-electron chi connectivity index (χ2n) is 2.81. The molecule has 0 amide bonds. The molecule has 0 bridgehead atoms. The van der Waals surface area contributed by atoms with Crippen LogP contribution in [0.15, 0.2) is 24.3 Å². The highest BCUT2D eigenvalue weighted by Gasteiger charge is 2.04. The molecule has 0 fully saturated rings. The maximum atomic E-state index is 7.44. The van der Waals surface area contributed by atoms with Crippen LogP contribution in [0.5, 0.6) is 0 Å². The first-order chi connectivity index (χ1) is 4.33. The molecule has 10 heavy (non-hydrogen) atoms. The van der Waals surface area contributed by atoms with Gasteiger partial charge in [-0.05, 0) is 19.2 Å². The quantitative estimate of drug-likeness (QED) is 0.481. The first-order valence-corrected chi connectivity index (χ1v) is 5.55. The first kappa shape index (κ1) is 9.67. The summed E-state index contributed by atoms with van der Waals surface area (Å²) in [7, 11) is -1.94. The standard InChI is InChI=1S/C7H15N2P/c1-6(2)7(3)5-10(4,8)9/h1,3,5H2,2,4H3,(H3,8,9). The molecular weight excluding hydrogens is 143 g/mol. The summed E-state index contributed by atoms with van der Waals surface area (Å²) in [6.07, 6.45) is 0.600. The molecule has 0 rings (SSSR count). The van der Waals surface area contributed by atoms with Crippen LogP contribution in [-0.4, -0.2) is 12.8 Å². The van der Waals surface area contributed by atoms with Gasteiger partial charge in [0.1, 0.15) is 0 Å². The lowest BCUT2D eigenvalue weighted by Crippen LogP contribution is -1.99. The van der Waals surface area contributed by atoms with Crippen LogP contribution in [0.1, 0.15) is 6.92 Å². The molecule has 0 saturated carbocycles. The fraction of sp³-hybridized carbons (Fsp3) is 0.429. The summed E-state index contributed by atoms with van der Waals surface area (Å²) in [4.78, 5) is 0. The normalized spacial score (nSPS) is 15.9. The van der Waals surface area contributed by atoms with Gasteiger partial charge >= 0.3 is 0 Å². The van der Waals surface area contributed by atoms with Crippen LogP contribution in [0.2, 0.25) is 0 Å². The molecular formula is C7H15N2P. The van der Waals surface area contributed by atoms with Crippen molar-refractivity contribution in [2.45, 2.75) is 6.92 Å². The van der Waals surface area contributed by atoms with Crippen molar-refractivity contribution in [1.82, 2.24) is 0 Å². The number of rotatable bonds is 3. The van der Waals surface area contributed by atoms with Crippen LogP contribution in [0.4, 0.5) is 0 Å². The third-order valence-electron chi connectivity index (χ3n) is 1.12. The fourth-order valence-corrected chi connectivity index (χ4v) is 1.59. The van der Waals surface area contributed by atoms with Crippen LogP contribution >= 0.6 is 7.21 Å². The van der Waals surface area contributed by atoms with Crippen molar-refractivity contribution in [3.63, 3.8) is 0 Å². The van der Waals surface area contributed by atoms with E-state index in [9.17, 15) is 0 Å². The van der Waals surface area contributed by atoms with Gasteiger partial charge in [-0.2, -0.15) is 0 Å². The lowest BCUT2D eigenvalue weighted by Gasteiger charge is -2.11. The minimum absolute atomic E-state index is 0.600. The van der Waals surface area contributed by atoms with Gasteiger partial charge in [0.15, 0.2) is 0 Å². The van der Waals surface area contributed by atoms with Gasteiger partial charge in [0, 0.05) is 13.4 Å². The topological polar surface area (TPSA) is 49.9 Å². The number of nitrogens with two attached hydrogens (primary N) is 1. The molecule has 0 aromatic carbocycles. The van der Waals surface area contributed by atoms with E-state index < -0.39 is 7.21 Å². The minimum Gasteiger partial charge on any atom is -0.304 e. The molecule has 0 aliphatic heterocycles. The number of allylic oxidation sites excluding steroid dienone is 2. The molecule has 0 spiro atoms. The van der Waals surface area contributed by atoms with Gasteiger partial charge in [-0.25, -0.2) is 0 Å². The van der Waals surface area contributed by atoms with Crippen molar-refractivity contribution in [2.24, 2.45) is 5.50 Å². The van der Waals surface area contributed by atoms with E-state index in [4.69, 9.17) is 10.7 Å². The average molecular weight is 158 g/mol. The molecule has 2 nitrogen and oxygen atoms in total. The lowest BCUT2D eigenvalue weighted by molar-refractivity contribution is 1.35. The van der Waals surface area contributed by atoms with Gasteiger partial charge in [-0.1, -0.05) is 18.7 Å². The zero-order valence-electron chi connectivity index (χ0n) is 6.65. The second kappa shape index (κ2) is 3.18. The van der Waals surface area contributed by atoms with Crippen molar-refractivity contribution < 1.29 is 0 Å². The zero-order valence-corrected chi connectivity index (χ0v) is 7.54. The summed E-state index contributed by atoms with van der Waals surface area (Å²) in [5.74, 6) is 0. The molecule has 0 radical (unpaired) electrons. The van der Waals surface area contributed by atoms with E-state index in [0.717, 1.165) is 11.1 Å². The second-order valence-corrected chi connectivity index (χ2v) is 5.66. The SMILES string of the molecule is C=C(C)C(=C)CP(C)(=N)N. The summed E-state index contributed by atoms with van der Waals surface area (Å²) in [6, 6.07) is 0. The Morgan fingerprint density at radius 3 is 2.10 bits per heavy atom. The number of nitrogens with one attached hydrogen (secondary N) is 1. The molecule has 0 saturated heterocycles. The van der Waals surface area contributed by atoms with E-state index in [1.54, 1.807) is 6.66 Å². The molecule has 0 heterocycles. The monoisotopic (exact) mass is 158 g/mol. The van der Waals surface area contributed by atoms with Crippen LogP contribution < -0.4 is 5.50 Å². The molecule has 58 valence electrons. The highest BCUT2D eigenvalue weighted by molar-refractivity contribution is 7.62. The summed E-state index contributed by atoms with van der Waals surface area (Å²) in [5, 5.41) is 7.44. The zero-order chi connectivity index (χ0) is 8.36. The number of hydrogen-bond donors (Lipinski definition) is 2. The Kier molecular flexibility index (Phi) is 3.07. The summed E-state index contributed by atoms with van der Waals surface area (Å²) in [6.45, 7) is 11.1. The Balaban J connectivity index is 4.07. The Hall–Kier alpha value is -0.330. The van der Waals surface area contributed by atoms with E-state index in [-0.39, 0.29) is 0 Å². The van der Waals surface area contributed by atoms with Crippen molar-refractivity contribution in [3.8, 4) is 0 Å². The van der Waals surface area contributed by atoms with Gasteiger partial charge in [-0.15, -0.1) is 0 Å². The lowest BCUT2D eigenvalue weighted by atomic mass is 10.2. The highest BCUT2D eigenvalue weighted by atomic mass is 31.2. The van der Waals surface area contributed by atoms with Crippen LogP contribution in [-0.2, 0) is 0 Å². The molecule has 1 atom stereocenters. The minimum atomic E-state index is -1.94. The first-order valence-electron chi connectivity index (χ1n) is 3.06. The fourth-order valence-electron chi connectivity index (χ4n) is 0.531. The molecule has 3 heteroatoms. The van der Waals surface area contributed by atoms with Gasteiger partial charge in [-0.3, -0.25) is 5.50 Å². The average Bonchev–Trinajstić information content (AvgIpc) is 1.60. The maximum absolute atomic E-state index is 7.44. The van der Waals surface area contributed by atoms with Gasteiger partial charge in [0.2, 0.25) is 0 Å². The largest absolute Gasteiger partial charge is 0.304 e. The third-order valence-corrected chi connectivity index (χ3v) is 2.16. The predicted octanol–water partition coefficient (Wildman–Crippen LogP) is 2.40. The van der Waals surface area contributed by atoms with Crippen molar-refractivity contribution in [1.29, 1.82) is 5.16 Å². The summed E-state index contributed by atoms with van der Waals surface area (Å²) in [5.41, 5.74) is 7.39. The van der Waals surface area contributed by atoms with Crippen molar-refractivity contribution in [2.75, 3.05) is 12.8 Å². The van der Waals surface area contributed by atoms with Crippen molar-refractivity contribution in [3.05, 3.63) is 24.3 Å². The van der Waals surface area contributed by atoms with Crippen molar-refractivity contribution >= 4 is 7.21 Å². The smallest absolute Gasteiger partial charge is 0.0249 e. The van der Waals surface area contributed by atoms with E-state index >= 15 is 0 Å². The summed E-state index contributed by atoms with van der Waals surface area (Å²) >= 11 is 0. The predicted molar refractivity (Wildman–Crippen MR) is 48.6 cm³/mol. The van der Waals surface area contributed by atoms with Gasteiger partial charge < -0.3 is 5.16 Å². The molecule has 0 aromatic rings. The third kappa shape index (κ3) is 4.54. The van der Waals surface area contributed by atoms with Gasteiger partial charge in [0.25, 0.3) is 0 Å². The van der Waals surface area contributed by atoms with Crippen LogP contribution in [0.25, 0.3) is 0 Å². The molecule has 1 unspecified atom stereocenters. The Bertz CT molecular complexity index is 200. The molecule has 3 N–H and O–H groups in total. The maximum Gasteiger partial charge on any atom is 0.0249 e. The molecule has 0 aromatic heterocycles. The summed E-state index contributed by atoms with van der Waals surface area (Å²) < 4.78 is 0. The van der Waals surface area contributed by atoms with Crippen LogP contribution in [0.3, 0.4) is 0 Å². The Labute approximate surface area is 62.7 Å².